The summed E-state index contributed by atoms with van der Waals surface area (Å²) in [5.41, 5.74) is -0.505. The fourth-order valence-corrected chi connectivity index (χ4v) is 1.23. The lowest BCUT2D eigenvalue weighted by Crippen LogP contribution is -2.03. The van der Waals surface area contributed by atoms with Gasteiger partial charge in [0.05, 0.1) is 4.47 Å². The summed E-state index contributed by atoms with van der Waals surface area (Å²) in [5, 5.41) is 8.07. The molecule has 0 aromatic carbocycles. The normalized spacial score (nSPS) is 9.92. The number of rotatable bonds is 1. The predicted molar refractivity (Wildman–Crippen MR) is 43.9 cm³/mol. The van der Waals surface area contributed by atoms with Gasteiger partial charge in [0.1, 0.15) is 5.56 Å². The van der Waals surface area contributed by atoms with Gasteiger partial charge in [0.2, 0.25) is 0 Å². The molecule has 0 atom stereocenters. The maximum atomic E-state index is 12.9. The molecule has 0 saturated carbocycles. The van der Waals surface area contributed by atoms with Crippen LogP contribution in [-0.4, -0.2) is 16.1 Å². The van der Waals surface area contributed by atoms with Gasteiger partial charge in [-0.3, -0.25) is 0 Å². The molecule has 0 aliphatic heterocycles. The van der Waals surface area contributed by atoms with Crippen molar-refractivity contribution in [1.29, 1.82) is 0 Å². The van der Waals surface area contributed by atoms with Crippen molar-refractivity contribution in [3.63, 3.8) is 0 Å². The van der Waals surface area contributed by atoms with Crippen molar-refractivity contribution in [2.24, 2.45) is 0 Å². The quantitative estimate of drug-likeness (QED) is 0.783. The standard InChI is InChI=1S/C6H2BrClFNO2/c7-2-1-10-5(8)4(9)3(2)6(11)12/h1H,(H,11,12). The minimum absolute atomic E-state index is 0.0666. The first-order chi connectivity index (χ1) is 5.54. The van der Waals surface area contributed by atoms with Crippen molar-refractivity contribution >= 4 is 33.5 Å². The summed E-state index contributed by atoms with van der Waals surface area (Å²) < 4.78 is 13.0. The van der Waals surface area contributed by atoms with Crippen molar-refractivity contribution in [3.8, 4) is 0 Å². The van der Waals surface area contributed by atoms with E-state index >= 15 is 0 Å². The maximum Gasteiger partial charge on any atom is 0.340 e. The average molecular weight is 254 g/mol. The Morgan fingerprint density at radius 1 is 1.75 bits per heavy atom. The third-order valence-electron chi connectivity index (χ3n) is 1.14. The zero-order valence-electron chi connectivity index (χ0n) is 5.51. The van der Waals surface area contributed by atoms with Crippen molar-refractivity contribution < 1.29 is 14.3 Å². The number of aromatic nitrogens is 1. The van der Waals surface area contributed by atoms with Crippen LogP contribution in [0, 0.1) is 5.82 Å². The number of nitrogens with zero attached hydrogens (tertiary/aromatic N) is 1. The molecular formula is C6H2BrClFNO2. The number of carboxylic acids is 1. The molecule has 6 heteroatoms. The number of hydrogen-bond donors (Lipinski definition) is 1. The van der Waals surface area contributed by atoms with E-state index in [2.05, 4.69) is 20.9 Å². The molecule has 1 heterocycles. The van der Waals surface area contributed by atoms with Crippen molar-refractivity contribution in [2.45, 2.75) is 0 Å². The second-order valence-corrected chi connectivity index (χ2v) is 3.10. The van der Waals surface area contributed by atoms with Crippen LogP contribution in [-0.2, 0) is 0 Å². The van der Waals surface area contributed by atoms with Crippen LogP contribution in [0.2, 0.25) is 5.15 Å². The fourth-order valence-electron chi connectivity index (χ4n) is 0.639. The molecule has 0 saturated heterocycles. The Hall–Kier alpha value is -0.680. The van der Waals surface area contributed by atoms with E-state index in [4.69, 9.17) is 16.7 Å². The molecule has 3 nitrogen and oxygen atoms in total. The molecule has 0 amide bonds. The molecule has 1 rings (SSSR count). The lowest BCUT2D eigenvalue weighted by Gasteiger charge is -2.00. The molecular weight excluding hydrogens is 252 g/mol. The summed E-state index contributed by atoms with van der Waals surface area (Å²) in [6, 6.07) is 0. The van der Waals surface area contributed by atoms with E-state index < -0.39 is 22.5 Å². The SMILES string of the molecule is O=C(O)c1c(Br)cnc(Cl)c1F. The maximum absolute atomic E-state index is 12.9. The Kier molecular flexibility index (Phi) is 2.64. The largest absolute Gasteiger partial charge is 0.478 e. The lowest BCUT2D eigenvalue weighted by atomic mass is 10.2. The second kappa shape index (κ2) is 3.37. The minimum Gasteiger partial charge on any atom is -0.478 e. The van der Waals surface area contributed by atoms with Gasteiger partial charge in [-0.2, -0.15) is 0 Å². The molecule has 1 aromatic heterocycles. The van der Waals surface area contributed by atoms with Gasteiger partial charge >= 0.3 is 5.97 Å². The molecule has 0 bridgehead atoms. The highest BCUT2D eigenvalue weighted by molar-refractivity contribution is 9.10. The van der Waals surface area contributed by atoms with Crippen LogP contribution in [0.4, 0.5) is 4.39 Å². The molecule has 0 fully saturated rings. The summed E-state index contributed by atoms with van der Waals surface area (Å²) in [6.07, 6.45) is 1.13. The molecule has 1 N–H and O–H groups in total. The van der Waals surface area contributed by atoms with E-state index in [0.29, 0.717) is 0 Å². The van der Waals surface area contributed by atoms with E-state index in [0.717, 1.165) is 6.20 Å². The third kappa shape index (κ3) is 1.56. The number of pyridine rings is 1. The molecule has 0 spiro atoms. The minimum atomic E-state index is -1.39. The summed E-state index contributed by atoms with van der Waals surface area (Å²) in [7, 11) is 0. The van der Waals surface area contributed by atoms with Gasteiger partial charge in [-0.15, -0.1) is 0 Å². The van der Waals surface area contributed by atoms with Gasteiger partial charge in [-0.25, -0.2) is 14.2 Å². The van der Waals surface area contributed by atoms with Crippen LogP contribution >= 0.6 is 27.5 Å². The molecule has 64 valence electrons. The Balaban J connectivity index is 3.43. The first-order valence-electron chi connectivity index (χ1n) is 2.77. The topological polar surface area (TPSA) is 50.2 Å². The number of halogens is 3. The first-order valence-corrected chi connectivity index (χ1v) is 3.94. The Labute approximate surface area is 80.3 Å². The van der Waals surface area contributed by atoms with E-state index in [-0.39, 0.29) is 4.47 Å². The number of carbonyl (C=O) groups is 1. The van der Waals surface area contributed by atoms with Crippen LogP contribution in [0.5, 0.6) is 0 Å². The Bertz CT molecular complexity index is 345. The van der Waals surface area contributed by atoms with Crippen molar-refractivity contribution in [3.05, 3.63) is 27.2 Å². The summed E-state index contributed by atoms with van der Waals surface area (Å²) in [6.45, 7) is 0. The van der Waals surface area contributed by atoms with Crippen LogP contribution < -0.4 is 0 Å². The second-order valence-electron chi connectivity index (χ2n) is 1.89. The smallest absolute Gasteiger partial charge is 0.340 e. The van der Waals surface area contributed by atoms with Gasteiger partial charge in [0, 0.05) is 6.20 Å². The van der Waals surface area contributed by atoms with Gasteiger partial charge < -0.3 is 5.11 Å². The van der Waals surface area contributed by atoms with E-state index in [1.807, 2.05) is 0 Å². The Morgan fingerprint density at radius 3 is 2.75 bits per heavy atom. The van der Waals surface area contributed by atoms with E-state index in [9.17, 15) is 9.18 Å². The van der Waals surface area contributed by atoms with Crippen LogP contribution in [0.25, 0.3) is 0 Å². The number of aromatic carboxylic acids is 1. The Morgan fingerprint density at radius 2 is 2.33 bits per heavy atom. The fraction of sp³-hybridized carbons (Fsp3) is 0. The third-order valence-corrected chi connectivity index (χ3v) is 2.01. The zero-order chi connectivity index (χ0) is 9.30. The highest BCUT2D eigenvalue weighted by Gasteiger charge is 2.17. The summed E-state index contributed by atoms with van der Waals surface area (Å²) >= 11 is 8.10. The average Bonchev–Trinajstić information content (AvgIpc) is 1.97. The van der Waals surface area contributed by atoms with Crippen LogP contribution in [0.3, 0.4) is 0 Å². The highest BCUT2D eigenvalue weighted by Crippen LogP contribution is 2.23. The number of carboxylic acid groups (broad SMARTS) is 1. The molecule has 0 aliphatic carbocycles. The van der Waals surface area contributed by atoms with Crippen LogP contribution in [0.1, 0.15) is 10.4 Å². The lowest BCUT2D eigenvalue weighted by molar-refractivity contribution is 0.0690. The number of hydrogen-bond acceptors (Lipinski definition) is 2. The zero-order valence-corrected chi connectivity index (χ0v) is 7.86. The molecule has 1 aromatic rings. The predicted octanol–water partition coefficient (Wildman–Crippen LogP) is 2.33. The van der Waals surface area contributed by atoms with E-state index in [1.54, 1.807) is 0 Å². The monoisotopic (exact) mass is 253 g/mol. The van der Waals surface area contributed by atoms with Gasteiger partial charge in [-0.1, -0.05) is 11.6 Å². The van der Waals surface area contributed by atoms with Gasteiger partial charge in [0.15, 0.2) is 11.0 Å². The van der Waals surface area contributed by atoms with E-state index in [1.165, 1.54) is 0 Å². The molecule has 0 unspecified atom stereocenters. The first kappa shape index (κ1) is 9.41. The molecule has 12 heavy (non-hydrogen) atoms. The van der Waals surface area contributed by atoms with Crippen molar-refractivity contribution in [1.82, 2.24) is 4.98 Å². The molecule has 0 radical (unpaired) electrons. The van der Waals surface area contributed by atoms with Crippen LogP contribution in [0.15, 0.2) is 10.7 Å². The molecule has 0 aliphatic rings. The van der Waals surface area contributed by atoms with Gasteiger partial charge in [0.25, 0.3) is 0 Å². The summed E-state index contributed by atoms with van der Waals surface area (Å²) in [4.78, 5) is 13.8. The van der Waals surface area contributed by atoms with Gasteiger partial charge in [-0.05, 0) is 15.9 Å². The summed E-state index contributed by atoms with van der Waals surface area (Å²) in [5.74, 6) is -2.41. The highest BCUT2D eigenvalue weighted by atomic mass is 79.9. The van der Waals surface area contributed by atoms with Crippen molar-refractivity contribution in [2.75, 3.05) is 0 Å².